The average molecular weight is 495 g/mol. The molecule has 0 radical (unpaired) electrons. The van der Waals surface area contributed by atoms with E-state index in [0.29, 0.717) is 58.0 Å². The topological polar surface area (TPSA) is 115 Å². The van der Waals surface area contributed by atoms with Gasteiger partial charge in [-0.2, -0.15) is 0 Å². The molecule has 3 N–H and O–H groups in total. The van der Waals surface area contributed by atoms with Crippen molar-refractivity contribution < 1.29 is 39.1 Å². The number of aliphatic hydroxyl groups excluding tert-OH is 2. The standard InChI is InChI=1S/C27H42O8/c1-15-9-19(33-14-15)5-7-27(31)13-22(30)25(27)24-12-21(29)26-23(35-24)4-3-20(34-26)11-18(28)10-17-6-8-32-16(17)2/h16-17,19-26,29-31H,1,3-14H2,2H3/t16-,17?,19?,20?,21?,22?,23?,24?,25?,26+,27?/m0/s1. The van der Waals surface area contributed by atoms with Crippen LogP contribution in [0.4, 0.5) is 0 Å². The smallest absolute Gasteiger partial charge is 0.135 e. The maximum absolute atomic E-state index is 12.6. The minimum absolute atomic E-state index is 0.0722. The fourth-order valence-electron chi connectivity index (χ4n) is 7.04. The molecule has 0 bridgehead atoms. The van der Waals surface area contributed by atoms with Gasteiger partial charge in [0.15, 0.2) is 0 Å². The Morgan fingerprint density at radius 2 is 1.89 bits per heavy atom. The van der Waals surface area contributed by atoms with E-state index < -0.39 is 35.9 Å². The van der Waals surface area contributed by atoms with E-state index in [-0.39, 0.29) is 36.1 Å². The molecule has 0 amide bonds. The molecule has 198 valence electrons. The van der Waals surface area contributed by atoms with Crippen LogP contribution >= 0.6 is 0 Å². The number of aliphatic hydroxyl groups is 3. The molecule has 4 heterocycles. The molecular formula is C27H42O8. The Balaban J connectivity index is 1.12. The first-order valence-electron chi connectivity index (χ1n) is 13.5. The van der Waals surface area contributed by atoms with Crippen LogP contribution in [0.25, 0.3) is 0 Å². The number of ketones is 1. The van der Waals surface area contributed by atoms with E-state index in [2.05, 4.69) is 6.58 Å². The van der Waals surface area contributed by atoms with Crippen molar-refractivity contribution in [2.75, 3.05) is 13.2 Å². The van der Waals surface area contributed by atoms with Gasteiger partial charge in [0, 0.05) is 38.2 Å². The van der Waals surface area contributed by atoms with Crippen LogP contribution in [0.3, 0.4) is 0 Å². The molecule has 0 aromatic carbocycles. The number of ether oxygens (including phenoxy) is 4. The van der Waals surface area contributed by atoms with Gasteiger partial charge in [0.1, 0.15) is 11.9 Å². The van der Waals surface area contributed by atoms with Gasteiger partial charge in [0.2, 0.25) is 0 Å². The number of rotatable bonds is 8. The number of hydrogen-bond donors (Lipinski definition) is 3. The lowest BCUT2D eigenvalue weighted by atomic mass is 9.61. The molecule has 1 aliphatic carbocycles. The van der Waals surface area contributed by atoms with Gasteiger partial charge < -0.3 is 34.3 Å². The van der Waals surface area contributed by atoms with Gasteiger partial charge in [-0.15, -0.1) is 0 Å². The molecule has 5 fully saturated rings. The zero-order chi connectivity index (χ0) is 24.7. The van der Waals surface area contributed by atoms with Crippen LogP contribution in [0, 0.1) is 11.8 Å². The van der Waals surface area contributed by atoms with E-state index in [1.165, 1.54) is 0 Å². The summed E-state index contributed by atoms with van der Waals surface area (Å²) >= 11 is 0. The van der Waals surface area contributed by atoms with Crippen molar-refractivity contribution in [1.82, 2.24) is 0 Å². The Morgan fingerprint density at radius 1 is 1.06 bits per heavy atom. The highest BCUT2D eigenvalue weighted by Gasteiger charge is 2.58. The fraction of sp³-hybridized carbons (Fsp3) is 0.889. The predicted octanol–water partition coefficient (Wildman–Crippen LogP) is 2.06. The normalized spacial score (nSPS) is 47.9. The first kappa shape index (κ1) is 25.8. The van der Waals surface area contributed by atoms with Gasteiger partial charge >= 0.3 is 0 Å². The van der Waals surface area contributed by atoms with Crippen molar-refractivity contribution >= 4 is 5.78 Å². The third-order valence-corrected chi connectivity index (χ3v) is 9.11. The lowest BCUT2D eigenvalue weighted by molar-refractivity contribution is -0.281. The number of fused-ring (bicyclic) bond motifs is 1. The van der Waals surface area contributed by atoms with E-state index in [4.69, 9.17) is 18.9 Å². The Kier molecular flexibility index (Phi) is 7.71. The van der Waals surface area contributed by atoms with E-state index in [0.717, 1.165) is 25.0 Å². The second kappa shape index (κ2) is 10.5. The molecule has 4 aliphatic heterocycles. The van der Waals surface area contributed by atoms with Gasteiger partial charge in [-0.1, -0.05) is 6.58 Å². The second-order valence-electron chi connectivity index (χ2n) is 11.7. The van der Waals surface area contributed by atoms with E-state index in [1.807, 2.05) is 6.92 Å². The molecule has 0 spiro atoms. The maximum atomic E-state index is 12.6. The molecule has 35 heavy (non-hydrogen) atoms. The molecular weight excluding hydrogens is 452 g/mol. The zero-order valence-corrected chi connectivity index (χ0v) is 20.8. The monoisotopic (exact) mass is 494 g/mol. The summed E-state index contributed by atoms with van der Waals surface area (Å²) in [5, 5.41) is 32.8. The highest BCUT2D eigenvalue weighted by molar-refractivity contribution is 5.79. The molecule has 5 aliphatic rings. The van der Waals surface area contributed by atoms with Crippen LogP contribution in [-0.2, 0) is 23.7 Å². The average Bonchev–Trinajstić information content (AvgIpc) is 3.40. The van der Waals surface area contributed by atoms with Gasteiger partial charge in [0.05, 0.1) is 54.9 Å². The SMILES string of the molecule is C=C1COC(CCC2(O)CC(O)C2C2CC(O)[C@H]3OC(CC(=O)CC4CCO[C@H]4C)CCC3O2)C1. The summed E-state index contributed by atoms with van der Waals surface area (Å²) in [7, 11) is 0. The van der Waals surface area contributed by atoms with Crippen molar-refractivity contribution in [3.63, 3.8) is 0 Å². The number of carbonyl (C=O) groups excluding carboxylic acids is 1. The Labute approximate surface area is 208 Å². The minimum Gasteiger partial charge on any atom is -0.393 e. The Morgan fingerprint density at radius 3 is 2.57 bits per heavy atom. The lowest BCUT2D eigenvalue weighted by Crippen LogP contribution is -2.66. The summed E-state index contributed by atoms with van der Waals surface area (Å²) < 4.78 is 23.8. The molecule has 5 rings (SSSR count). The summed E-state index contributed by atoms with van der Waals surface area (Å²) in [6, 6.07) is 0. The van der Waals surface area contributed by atoms with Gasteiger partial charge in [0.25, 0.3) is 0 Å². The zero-order valence-electron chi connectivity index (χ0n) is 20.8. The highest BCUT2D eigenvalue weighted by Crippen LogP contribution is 2.49. The summed E-state index contributed by atoms with van der Waals surface area (Å²) in [4.78, 5) is 12.6. The summed E-state index contributed by atoms with van der Waals surface area (Å²) in [5.74, 6) is 0.0462. The van der Waals surface area contributed by atoms with Gasteiger partial charge in [-0.05, 0) is 56.9 Å². The van der Waals surface area contributed by atoms with Crippen LogP contribution < -0.4 is 0 Å². The third kappa shape index (κ3) is 5.54. The van der Waals surface area contributed by atoms with Gasteiger partial charge in [-0.3, -0.25) is 4.79 Å². The van der Waals surface area contributed by atoms with E-state index >= 15 is 0 Å². The van der Waals surface area contributed by atoms with Crippen LogP contribution in [-0.4, -0.2) is 88.7 Å². The quantitative estimate of drug-likeness (QED) is 0.440. The number of carbonyl (C=O) groups is 1. The highest BCUT2D eigenvalue weighted by atomic mass is 16.6. The van der Waals surface area contributed by atoms with Crippen molar-refractivity contribution in [1.29, 1.82) is 0 Å². The predicted molar refractivity (Wildman–Crippen MR) is 127 cm³/mol. The summed E-state index contributed by atoms with van der Waals surface area (Å²) in [6.07, 6.45) is 3.29. The molecule has 11 atom stereocenters. The second-order valence-corrected chi connectivity index (χ2v) is 11.7. The van der Waals surface area contributed by atoms with Crippen LogP contribution in [0.5, 0.6) is 0 Å². The Hall–Kier alpha value is -0.870. The molecule has 8 heteroatoms. The molecule has 4 saturated heterocycles. The van der Waals surface area contributed by atoms with Crippen molar-refractivity contribution in [3.8, 4) is 0 Å². The first-order valence-corrected chi connectivity index (χ1v) is 13.5. The lowest BCUT2D eigenvalue weighted by Gasteiger charge is -2.56. The van der Waals surface area contributed by atoms with E-state index in [1.54, 1.807) is 0 Å². The van der Waals surface area contributed by atoms with Crippen molar-refractivity contribution in [2.45, 2.75) is 126 Å². The summed E-state index contributed by atoms with van der Waals surface area (Å²) in [5.41, 5.74) is 0.0616. The molecule has 8 nitrogen and oxygen atoms in total. The van der Waals surface area contributed by atoms with Crippen LogP contribution in [0.15, 0.2) is 12.2 Å². The number of Topliss-reactive ketones (excluding diaryl/α,β-unsaturated/α-hetero) is 1. The molecule has 9 unspecified atom stereocenters. The van der Waals surface area contributed by atoms with Crippen LogP contribution in [0.2, 0.25) is 0 Å². The molecule has 1 saturated carbocycles. The summed E-state index contributed by atoms with van der Waals surface area (Å²) in [6.45, 7) is 7.30. The maximum Gasteiger partial charge on any atom is 0.135 e. The third-order valence-electron chi connectivity index (χ3n) is 9.11. The van der Waals surface area contributed by atoms with Crippen molar-refractivity contribution in [2.24, 2.45) is 11.8 Å². The first-order chi connectivity index (χ1) is 16.7. The van der Waals surface area contributed by atoms with E-state index in [9.17, 15) is 20.1 Å². The largest absolute Gasteiger partial charge is 0.393 e. The van der Waals surface area contributed by atoms with Crippen molar-refractivity contribution in [3.05, 3.63) is 12.2 Å². The molecule has 0 aromatic rings. The van der Waals surface area contributed by atoms with Crippen LogP contribution in [0.1, 0.15) is 71.1 Å². The molecule has 0 aromatic heterocycles. The Bertz CT molecular complexity index is 787. The minimum atomic E-state index is -1.02. The van der Waals surface area contributed by atoms with Gasteiger partial charge in [-0.25, -0.2) is 0 Å². The fourth-order valence-corrected chi connectivity index (χ4v) is 7.04. The number of hydrogen-bond acceptors (Lipinski definition) is 8.